The first-order chi connectivity index (χ1) is 7.31. The maximum Gasteiger partial charge on any atom is 0.217 e. The van der Waals surface area contributed by atoms with Crippen LogP contribution in [0.1, 0.15) is 5.56 Å². The van der Waals surface area contributed by atoms with Gasteiger partial charge in [0.1, 0.15) is 0 Å². The predicted molar refractivity (Wildman–Crippen MR) is 59.2 cm³/mol. The summed E-state index contributed by atoms with van der Waals surface area (Å²) in [6.45, 7) is 0. The number of hydrogen-bond acceptors (Lipinski definition) is 1. The van der Waals surface area contributed by atoms with Crippen LogP contribution in [-0.2, 0) is 5.88 Å². The molecule has 1 aromatic heterocycles. The van der Waals surface area contributed by atoms with E-state index in [1.165, 1.54) is 6.20 Å². The SMILES string of the molecule is Fc1ncc(-c2ccccc2)cc1CCl. The lowest BCUT2D eigenvalue weighted by atomic mass is 10.1. The van der Waals surface area contributed by atoms with E-state index < -0.39 is 5.95 Å². The van der Waals surface area contributed by atoms with Gasteiger partial charge in [-0.3, -0.25) is 0 Å². The maximum atomic E-state index is 13.1. The lowest BCUT2D eigenvalue weighted by Crippen LogP contribution is -1.91. The third kappa shape index (κ3) is 2.16. The standard InChI is InChI=1S/C12H9ClFN/c13-7-10-6-11(8-15-12(10)14)9-4-2-1-3-5-9/h1-6,8H,7H2. The molecule has 0 aliphatic rings. The molecule has 1 heterocycles. The van der Waals surface area contributed by atoms with Gasteiger partial charge in [-0.15, -0.1) is 11.6 Å². The van der Waals surface area contributed by atoms with Crippen LogP contribution in [0.25, 0.3) is 11.1 Å². The zero-order chi connectivity index (χ0) is 10.7. The zero-order valence-corrected chi connectivity index (χ0v) is 8.71. The Morgan fingerprint density at radius 2 is 1.87 bits per heavy atom. The van der Waals surface area contributed by atoms with Gasteiger partial charge in [0, 0.05) is 17.3 Å². The van der Waals surface area contributed by atoms with Crippen molar-refractivity contribution in [2.45, 2.75) is 5.88 Å². The predicted octanol–water partition coefficient (Wildman–Crippen LogP) is 3.63. The van der Waals surface area contributed by atoms with Crippen LogP contribution in [0.4, 0.5) is 4.39 Å². The number of benzene rings is 1. The molecule has 0 atom stereocenters. The number of nitrogens with zero attached hydrogens (tertiary/aromatic N) is 1. The van der Waals surface area contributed by atoms with Crippen LogP contribution in [0.3, 0.4) is 0 Å². The summed E-state index contributed by atoms with van der Waals surface area (Å²) >= 11 is 5.61. The second kappa shape index (κ2) is 4.41. The molecule has 0 aliphatic heterocycles. The fourth-order valence-electron chi connectivity index (χ4n) is 1.38. The summed E-state index contributed by atoms with van der Waals surface area (Å²) in [5.74, 6) is -0.357. The molecule has 1 aromatic carbocycles. The van der Waals surface area contributed by atoms with Crippen molar-refractivity contribution in [3.63, 3.8) is 0 Å². The highest BCUT2D eigenvalue weighted by atomic mass is 35.5. The molecule has 15 heavy (non-hydrogen) atoms. The second-order valence-corrected chi connectivity index (χ2v) is 3.44. The van der Waals surface area contributed by atoms with Crippen molar-refractivity contribution >= 4 is 11.6 Å². The highest BCUT2D eigenvalue weighted by Gasteiger charge is 2.04. The monoisotopic (exact) mass is 221 g/mol. The van der Waals surface area contributed by atoms with Gasteiger partial charge in [-0.05, 0) is 11.6 Å². The van der Waals surface area contributed by atoms with E-state index in [0.29, 0.717) is 5.56 Å². The van der Waals surface area contributed by atoms with Crippen molar-refractivity contribution in [1.29, 1.82) is 0 Å². The molecule has 2 aromatic rings. The van der Waals surface area contributed by atoms with Crippen LogP contribution in [-0.4, -0.2) is 4.98 Å². The van der Waals surface area contributed by atoms with E-state index in [1.54, 1.807) is 6.07 Å². The third-order valence-electron chi connectivity index (χ3n) is 2.16. The minimum atomic E-state index is -0.496. The first-order valence-electron chi connectivity index (χ1n) is 4.57. The molecule has 0 N–H and O–H groups in total. The Hall–Kier alpha value is -1.41. The fourth-order valence-corrected chi connectivity index (χ4v) is 1.56. The third-order valence-corrected chi connectivity index (χ3v) is 2.45. The Kier molecular flexibility index (Phi) is 2.97. The van der Waals surface area contributed by atoms with E-state index in [2.05, 4.69) is 4.98 Å². The van der Waals surface area contributed by atoms with Gasteiger partial charge in [-0.25, -0.2) is 4.98 Å². The molecule has 0 bridgehead atoms. The molecular formula is C12H9ClFN. The number of aromatic nitrogens is 1. The molecular weight excluding hydrogens is 213 g/mol. The first kappa shape index (κ1) is 10.1. The minimum absolute atomic E-state index is 0.138. The summed E-state index contributed by atoms with van der Waals surface area (Å²) in [6, 6.07) is 11.4. The quantitative estimate of drug-likeness (QED) is 0.558. The van der Waals surface area contributed by atoms with E-state index in [4.69, 9.17) is 11.6 Å². The van der Waals surface area contributed by atoms with E-state index in [-0.39, 0.29) is 5.88 Å². The number of halogens is 2. The Morgan fingerprint density at radius 3 is 2.53 bits per heavy atom. The van der Waals surface area contributed by atoms with Gasteiger partial charge in [0.15, 0.2) is 0 Å². The van der Waals surface area contributed by atoms with E-state index >= 15 is 0 Å². The number of rotatable bonds is 2. The van der Waals surface area contributed by atoms with E-state index in [1.807, 2.05) is 30.3 Å². The van der Waals surface area contributed by atoms with Gasteiger partial charge in [0.2, 0.25) is 5.95 Å². The molecule has 0 saturated heterocycles. The van der Waals surface area contributed by atoms with Crippen LogP contribution in [0.15, 0.2) is 42.6 Å². The molecule has 0 unspecified atom stereocenters. The Bertz CT molecular complexity index is 456. The lowest BCUT2D eigenvalue weighted by molar-refractivity contribution is 0.573. The summed E-state index contributed by atoms with van der Waals surface area (Å²) in [5.41, 5.74) is 2.32. The van der Waals surface area contributed by atoms with Crippen molar-refractivity contribution in [2.24, 2.45) is 0 Å². The van der Waals surface area contributed by atoms with Crippen molar-refractivity contribution < 1.29 is 4.39 Å². The molecule has 0 fully saturated rings. The van der Waals surface area contributed by atoms with Gasteiger partial charge >= 0.3 is 0 Å². The summed E-state index contributed by atoms with van der Waals surface area (Å²) in [6.07, 6.45) is 1.51. The number of hydrogen-bond donors (Lipinski definition) is 0. The van der Waals surface area contributed by atoms with Crippen molar-refractivity contribution in [2.75, 3.05) is 0 Å². The normalized spacial score (nSPS) is 10.3. The lowest BCUT2D eigenvalue weighted by Gasteiger charge is -2.03. The van der Waals surface area contributed by atoms with Gasteiger partial charge in [0.05, 0.1) is 5.88 Å². The first-order valence-corrected chi connectivity index (χ1v) is 5.10. The molecule has 76 valence electrons. The van der Waals surface area contributed by atoms with Crippen molar-refractivity contribution in [3.05, 3.63) is 54.1 Å². The zero-order valence-electron chi connectivity index (χ0n) is 7.95. The van der Waals surface area contributed by atoms with Gasteiger partial charge in [-0.1, -0.05) is 30.3 Å². The molecule has 0 aliphatic carbocycles. The summed E-state index contributed by atoms with van der Waals surface area (Å²) in [4.78, 5) is 3.68. The summed E-state index contributed by atoms with van der Waals surface area (Å²) in [5, 5.41) is 0. The molecule has 0 spiro atoms. The highest BCUT2D eigenvalue weighted by molar-refractivity contribution is 6.17. The average molecular weight is 222 g/mol. The number of pyridine rings is 1. The van der Waals surface area contributed by atoms with Crippen LogP contribution in [0, 0.1) is 5.95 Å². The Morgan fingerprint density at radius 1 is 1.13 bits per heavy atom. The van der Waals surface area contributed by atoms with E-state index in [9.17, 15) is 4.39 Å². The molecule has 3 heteroatoms. The Labute approximate surface area is 92.5 Å². The van der Waals surface area contributed by atoms with Gasteiger partial charge in [0.25, 0.3) is 0 Å². The van der Waals surface area contributed by atoms with Crippen molar-refractivity contribution in [3.8, 4) is 11.1 Å². The van der Waals surface area contributed by atoms with Gasteiger partial charge < -0.3 is 0 Å². The van der Waals surface area contributed by atoms with Crippen LogP contribution in [0.5, 0.6) is 0 Å². The molecule has 0 saturated carbocycles. The second-order valence-electron chi connectivity index (χ2n) is 3.17. The highest BCUT2D eigenvalue weighted by Crippen LogP contribution is 2.20. The van der Waals surface area contributed by atoms with Crippen LogP contribution in [0.2, 0.25) is 0 Å². The number of alkyl halides is 1. The molecule has 0 amide bonds. The average Bonchev–Trinajstić information content (AvgIpc) is 2.31. The Balaban J connectivity index is 2.46. The molecule has 0 radical (unpaired) electrons. The summed E-state index contributed by atoms with van der Waals surface area (Å²) in [7, 11) is 0. The minimum Gasteiger partial charge on any atom is -0.227 e. The molecule has 1 nitrogen and oxygen atoms in total. The van der Waals surface area contributed by atoms with Crippen LogP contribution >= 0.6 is 11.6 Å². The fraction of sp³-hybridized carbons (Fsp3) is 0.0833. The maximum absolute atomic E-state index is 13.1. The molecule has 2 rings (SSSR count). The topological polar surface area (TPSA) is 12.9 Å². The van der Waals surface area contributed by atoms with E-state index in [0.717, 1.165) is 11.1 Å². The smallest absolute Gasteiger partial charge is 0.217 e. The van der Waals surface area contributed by atoms with Gasteiger partial charge in [-0.2, -0.15) is 4.39 Å². The van der Waals surface area contributed by atoms with Crippen molar-refractivity contribution in [1.82, 2.24) is 4.98 Å². The summed E-state index contributed by atoms with van der Waals surface area (Å²) < 4.78 is 13.1. The van der Waals surface area contributed by atoms with Crippen LogP contribution < -0.4 is 0 Å². The largest absolute Gasteiger partial charge is 0.227 e.